The smallest absolute Gasteiger partial charge is 0.119 e. The summed E-state index contributed by atoms with van der Waals surface area (Å²) in [6.07, 6.45) is 6.66. The topological polar surface area (TPSA) is 12.5 Å². The van der Waals surface area contributed by atoms with Crippen LogP contribution < -0.4 is 4.74 Å². The summed E-state index contributed by atoms with van der Waals surface area (Å²) >= 11 is 0. The molecule has 1 atom stereocenters. The number of halogens is 1. The molecule has 23 heavy (non-hydrogen) atoms. The van der Waals surface area contributed by atoms with E-state index in [0.717, 1.165) is 12.4 Å². The molecule has 0 spiro atoms. The van der Waals surface area contributed by atoms with Gasteiger partial charge in [-0.25, -0.2) is 0 Å². The lowest BCUT2D eigenvalue weighted by Gasteiger charge is -2.28. The van der Waals surface area contributed by atoms with Crippen molar-refractivity contribution in [2.45, 2.75) is 58.8 Å². The molecule has 0 amide bonds. The van der Waals surface area contributed by atoms with Crippen LogP contribution in [0.15, 0.2) is 24.3 Å². The zero-order valence-corrected chi connectivity index (χ0v) is 15.9. The first-order valence-corrected chi connectivity index (χ1v) is 9.14. The second-order valence-corrected chi connectivity index (χ2v) is 7.00. The van der Waals surface area contributed by atoms with E-state index in [1.165, 1.54) is 57.3 Å². The molecular weight excluding hydrogens is 306 g/mol. The van der Waals surface area contributed by atoms with E-state index in [-0.39, 0.29) is 12.4 Å². The van der Waals surface area contributed by atoms with E-state index in [4.69, 9.17) is 4.74 Å². The first kappa shape index (κ1) is 20.3. The van der Waals surface area contributed by atoms with Gasteiger partial charge >= 0.3 is 0 Å². The second kappa shape index (κ2) is 10.9. The summed E-state index contributed by atoms with van der Waals surface area (Å²) < 4.78 is 6.02. The Hall–Kier alpha value is -0.730. The quantitative estimate of drug-likeness (QED) is 0.619. The average molecular weight is 340 g/mol. The Morgan fingerprint density at radius 1 is 1.04 bits per heavy atom. The second-order valence-electron chi connectivity index (χ2n) is 7.00. The van der Waals surface area contributed by atoms with Gasteiger partial charge in [-0.3, -0.25) is 0 Å². The van der Waals surface area contributed by atoms with E-state index in [9.17, 15) is 0 Å². The van der Waals surface area contributed by atoms with Crippen LogP contribution in [0.1, 0.15) is 64.4 Å². The van der Waals surface area contributed by atoms with Gasteiger partial charge in [-0.15, -0.1) is 12.4 Å². The first-order valence-electron chi connectivity index (χ1n) is 9.14. The Morgan fingerprint density at radius 2 is 1.70 bits per heavy atom. The molecule has 2 rings (SSSR count). The minimum Gasteiger partial charge on any atom is -0.493 e. The number of hydrogen-bond acceptors (Lipinski definition) is 2. The minimum atomic E-state index is 0. The molecule has 1 saturated heterocycles. The fourth-order valence-electron chi connectivity index (χ4n) is 3.12. The van der Waals surface area contributed by atoms with Gasteiger partial charge in [0.15, 0.2) is 0 Å². The summed E-state index contributed by atoms with van der Waals surface area (Å²) in [7, 11) is 0. The van der Waals surface area contributed by atoms with Crippen molar-refractivity contribution in [3.05, 3.63) is 29.8 Å². The molecule has 0 N–H and O–H groups in total. The highest BCUT2D eigenvalue weighted by Crippen LogP contribution is 2.20. The Balaban J connectivity index is 0.00000264. The summed E-state index contributed by atoms with van der Waals surface area (Å²) in [5.41, 5.74) is 1.38. The van der Waals surface area contributed by atoms with Crippen molar-refractivity contribution in [1.29, 1.82) is 0 Å². The zero-order chi connectivity index (χ0) is 15.8. The van der Waals surface area contributed by atoms with E-state index in [1.54, 1.807) is 0 Å². The first-order chi connectivity index (χ1) is 10.7. The molecular formula is C20H34ClNO. The molecule has 0 bridgehead atoms. The average Bonchev–Trinajstić information content (AvgIpc) is 2.56. The molecule has 0 radical (unpaired) electrons. The summed E-state index contributed by atoms with van der Waals surface area (Å²) in [6, 6.07) is 8.61. The van der Waals surface area contributed by atoms with Crippen molar-refractivity contribution in [3.8, 4) is 5.75 Å². The number of piperidine rings is 1. The molecule has 1 unspecified atom stereocenters. The summed E-state index contributed by atoms with van der Waals surface area (Å²) in [6.45, 7) is 11.4. The van der Waals surface area contributed by atoms with Crippen LogP contribution in [-0.2, 0) is 0 Å². The van der Waals surface area contributed by atoms with Crippen molar-refractivity contribution >= 4 is 12.4 Å². The number of ether oxygens (including phenoxy) is 1. The van der Waals surface area contributed by atoms with Gasteiger partial charge in [0.25, 0.3) is 0 Å². The Labute approximate surface area is 149 Å². The Kier molecular flexibility index (Phi) is 9.66. The van der Waals surface area contributed by atoms with Gasteiger partial charge in [-0.2, -0.15) is 0 Å². The van der Waals surface area contributed by atoms with Gasteiger partial charge in [-0.1, -0.05) is 45.7 Å². The van der Waals surface area contributed by atoms with E-state index < -0.39 is 0 Å². The maximum Gasteiger partial charge on any atom is 0.119 e. The van der Waals surface area contributed by atoms with Gasteiger partial charge in [0, 0.05) is 0 Å². The molecule has 0 aromatic heterocycles. The van der Waals surface area contributed by atoms with Crippen LogP contribution in [0.4, 0.5) is 0 Å². The lowest BCUT2D eigenvalue weighted by Crippen LogP contribution is -2.32. The predicted molar refractivity (Wildman–Crippen MR) is 102 cm³/mol. The molecule has 2 nitrogen and oxygen atoms in total. The summed E-state index contributed by atoms with van der Waals surface area (Å²) in [5, 5.41) is 0. The van der Waals surface area contributed by atoms with Crippen LogP contribution in [0.2, 0.25) is 0 Å². The summed E-state index contributed by atoms with van der Waals surface area (Å²) in [5.74, 6) is 2.27. The highest BCUT2D eigenvalue weighted by molar-refractivity contribution is 5.85. The van der Waals surface area contributed by atoms with Crippen LogP contribution in [0.25, 0.3) is 0 Å². The van der Waals surface area contributed by atoms with Crippen molar-refractivity contribution in [2.75, 3.05) is 26.2 Å². The lowest BCUT2D eigenvalue weighted by atomic mass is 10.0. The Bertz CT molecular complexity index is 412. The number of rotatable bonds is 8. The molecule has 1 aliphatic heterocycles. The van der Waals surface area contributed by atoms with Crippen molar-refractivity contribution < 1.29 is 4.74 Å². The highest BCUT2D eigenvalue weighted by Gasteiger charge is 2.13. The SMILES string of the molecule is CCC(CCN1CCCCC1)COc1ccc(C(C)C)cc1.Cl. The maximum absolute atomic E-state index is 6.02. The number of likely N-dealkylation sites (tertiary alicyclic amines) is 1. The maximum atomic E-state index is 6.02. The van der Waals surface area contributed by atoms with E-state index in [1.807, 2.05) is 0 Å². The number of nitrogens with zero attached hydrogens (tertiary/aromatic N) is 1. The molecule has 1 aromatic rings. The fraction of sp³-hybridized carbons (Fsp3) is 0.700. The van der Waals surface area contributed by atoms with Gasteiger partial charge in [0.1, 0.15) is 5.75 Å². The van der Waals surface area contributed by atoms with Gasteiger partial charge in [-0.05, 0) is 68.4 Å². The molecule has 3 heteroatoms. The standard InChI is InChI=1S/C20H33NO.ClH/c1-4-18(12-15-21-13-6-5-7-14-21)16-22-20-10-8-19(9-11-20)17(2)3;/h8-11,17-18H,4-7,12-16H2,1-3H3;1H. The number of benzene rings is 1. The predicted octanol–water partition coefficient (Wildman–Crippen LogP) is 5.51. The van der Waals surface area contributed by atoms with E-state index in [0.29, 0.717) is 11.8 Å². The zero-order valence-electron chi connectivity index (χ0n) is 15.1. The molecule has 1 aromatic carbocycles. The van der Waals surface area contributed by atoms with E-state index in [2.05, 4.69) is 49.9 Å². The third-order valence-electron chi connectivity index (χ3n) is 4.91. The Morgan fingerprint density at radius 3 is 2.26 bits per heavy atom. The van der Waals surface area contributed by atoms with Crippen molar-refractivity contribution in [2.24, 2.45) is 5.92 Å². The normalized spacial score (nSPS) is 16.9. The van der Waals surface area contributed by atoms with Crippen LogP contribution >= 0.6 is 12.4 Å². The van der Waals surface area contributed by atoms with Gasteiger partial charge in [0.05, 0.1) is 6.61 Å². The monoisotopic (exact) mass is 339 g/mol. The molecule has 0 saturated carbocycles. The van der Waals surface area contributed by atoms with Gasteiger partial charge in [0.2, 0.25) is 0 Å². The largest absolute Gasteiger partial charge is 0.493 e. The third kappa shape index (κ3) is 7.14. The van der Waals surface area contributed by atoms with Crippen LogP contribution in [-0.4, -0.2) is 31.1 Å². The molecule has 0 aliphatic carbocycles. The van der Waals surface area contributed by atoms with Crippen LogP contribution in [0.3, 0.4) is 0 Å². The van der Waals surface area contributed by atoms with Crippen LogP contribution in [0.5, 0.6) is 5.75 Å². The van der Waals surface area contributed by atoms with E-state index >= 15 is 0 Å². The summed E-state index contributed by atoms with van der Waals surface area (Å²) in [4.78, 5) is 2.63. The lowest BCUT2D eigenvalue weighted by molar-refractivity contribution is 0.183. The molecule has 1 aliphatic rings. The van der Waals surface area contributed by atoms with Crippen LogP contribution in [0, 0.1) is 5.92 Å². The van der Waals surface area contributed by atoms with Crippen molar-refractivity contribution in [3.63, 3.8) is 0 Å². The van der Waals surface area contributed by atoms with Crippen molar-refractivity contribution in [1.82, 2.24) is 4.90 Å². The minimum absolute atomic E-state index is 0. The fourth-order valence-corrected chi connectivity index (χ4v) is 3.12. The highest BCUT2D eigenvalue weighted by atomic mass is 35.5. The van der Waals surface area contributed by atoms with Gasteiger partial charge < -0.3 is 9.64 Å². The molecule has 132 valence electrons. The third-order valence-corrected chi connectivity index (χ3v) is 4.91. The molecule has 1 heterocycles. The molecule has 1 fully saturated rings. The number of hydrogen-bond donors (Lipinski definition) is 0.